The molecule has 0 unspecified atom stereocenters. The highest BCUT2D eigenvalue weighted by molar-refractivity contribution is 7.92. The van der Waals surface area contributed by atoms with E-state index in [0.717, 1.165) is 12.2 Å². The molecule has 17 heavy (non-hydrogen) atoms. The van der Waals surface area contributed by atoms with Crippen LogP contribution in [-0.4, -0.2) is 26.5 Å². The summed E-state index contributed by atoms with van der Waals surface area (Å²) in [6.07, 6.45) is 0. The molecule has 1 N–H and O–H groups in total. The van der Waals surface area contributed by atoms with E-state index >= 15 is 0 Å². The standard InChI is InChI=1S/C13H19NO2S/c1-10(2)12-5-3-4-6-13(12)14-7-11-8-17(15,16)9-11/h3-6,10-11,14H,7-9H2,1-2H3. The second-order valence-electron chi connectivity index (χ2n) is 5.07. The van der Waals surface area contributed by atoms with Crippen molar-refractivity contribution in [1.29, 1.82) is 0 Å². The molecular weight excluding hydrogens is 234 g/mol. The molecule has 0 spiro atoms. The molecule has 0 atom stereocenters. The van der Waals surface area contributed by atoms with E-state index < -0.39 is 9.84 Å². The molecule has 0 amide bonds. The molecule has 1 aliphatic rings. The average Bonchev–Trinajstić information content (AvgIpc) is 2.23. The number of rotatable bonds is 4. The molecule has 1 aromatic rings. The second kappa shape index (κ2) is 4.69. The summed E-state index contributed by atoms with van der Waals surface area (Å²) in [5.74, 6) is 1.43. The zero-order valence-electron chi connectivity index (χ0n) is 10.3. The first-order valence-electron chi connectivity index (χ1n) is 6.01. The van der Waals surface area contributed by atoms with Crippen LogP contribution in [0.1, 0.15) is 25.3 Å². The normalized spacial score (nSPS) is 19.0. The SMILES string of the molecule is CC(C)c1ccccc1NCC1CS(=O)(=O)C1. The maximum atomic E-state index is 11.1. The van der Waals surface area contributed by atoms with Gasteiger partial charge in [-0.1, -0.05) is 32.0 Å². The quantitative estimate of drug-likeness (QED) is 0.895. The van der Waals surface area contributed by atoms with Gasteiger partial charge in [0.2, 0.25) is 0 Å². The van der Waals surface area contributed by atoms with Crippen molar-refractivity contribution in [3.8, 4) is 0 Å². The zero-order valence-corrected chi connectivity index (χ0v) is 11.1. The number of benzene rings is 1. The van der Waals surface area contributed by atoms with Gasteiger partial charge in [0.05, 0.1) is 11.5 Å². The smallest absolute Gasteiger partial charge is 0.151 e. The number of nitrogens with one attached hydrogen (secondary N) is 1. The minimum Gasteiger partial charge on any atom is -0.384 e. The molecule has 1 aromatic carbocycles. The number of hydrogen-bond donors (Lipinski definition) is 1. The molecule has 94 valence electrons. The summed E-state index contributed by atoms with van der Waals surface area (Å²) in [6, 6.07) is 8.22. The van der Waals surface area contributed by atoms with E-state index in [1.54, 1.807) is 0 Å². The molecule has 0 aliphatic carbocycles. The van der Waals surface area contributed by atoms with Crippen molar-refractivity contribution < 1.29 is 8.42 Å². The Morgan fingerprint density at radius 2 is 1.94 bits per heavy atom. The van der Waals surface area contributed by atoms with Crippen LogP contribution in [0.25, 0.3) is 0 Å². The van der Waals surface area contributed by atoms with Gasteiger partial charge < -0.3 is 5.32 Å². The summed E-state index contributed by atoms with van der Waals surface area (Å²) in [6.45, 7) is 5.08. The molecule has 1 fully saturated rings. The highest BCUT2D eigenvalue weighted by atomic mass is 32.2. The van der Waals surface area contributed by atoms with Crippen LogP contribution in [0.5, 0.6) is 0 Å². The summed E-state index contributed by atoms with van der Waals surface area (Å²) < 4.78 is 22.1. The largest absolute Gasteiger partial charge is 0.384 e. The Hall–Kier alpha value is -1.03. The van der Waals surface area contributed by atoms with Crippen molar-refractivity contribution in [3.05, 3.63) is 29.8 Å². The van der Waals surface area contributed by atoms with Gasteiger partial charge in [0.15, 0.2) is 9.84 Å². The van der Waals surface area contributed by atoms with Gasteiger partial charge in [0.25, 0.3) is 0 Å². The van der Waals surface area contributed by atoms with E-state index in [1.807, 2.05) is 12.1 Å². The number of anilines is 1. The lowest BCUT2D eigenvalue weighted by Gasteiger charge is -2.27. The fourth-order valence-corrected chi connectivity index (χ4v) is 3.78. The topological polar surface area (TPSA) is 46.2 Å². The van der Waals surface area contributed by atoms with Gasteiger partial charge in [-0.15, -0.1) is 0 Å². The Bertz CT molecular complexity index is 482. The van der Waals surface area contributed by atoms with Gasteiger partial charge in [-0.3, -0.25) is 0 Å². The Morgan fingerprint density at radius 1 is 1.29 bits per heavy atom. The molecular formula is C13H19NO2S. The van der Waals surface area contributed by atoms with Gasteiger partial charge in [-0.05, 0) is 17.5 Å². The highest BCUT2D eigenvalue weighted by Crippen LogP contribution is 2.25. The molecule has 0 bridgehead atoms. The van der Waals surface area contributed by atoms with Gasteiger partial charge in [-0.25, -0.2) is 8.42 Å². The molecule has 0 radical (unpaired) electrons. The number of hydrogen-bond acceptors (Lipinski definition) is 3. The Labute approximate surface area is 103 Å². The lowest BCUT2D eigenvalue weighted by atomic mass is 10.0. The van der Waals surface area contributed by atoms with Gasteiger partial charge in [0.1, 0.15) is 0 Å². The summed E-state index contributed by atoms with van der Waals surface area (Å²) in [7, 11) is -2.70. The van der Waals surface area contributed by atoms with E-state index in [0.29, 0.717) is 17.4 Å². The highest BCUT2D eigenvalue weighted by Gasteiger charge is 2.32. The first-order valence-corrected chi connectivity index (χ1v) is 7.83. The minimum atomic E-state index is -2.70. The van der Waals surface area contributed by atoms with Crippen molar-refractivity contribution in [1.82, 2.24) is 0 Å². The first-order chi connectivity index (χ1) is 7.98. The summed E-state index contributed by atoms with van der Waals surface area (Å²) >= 11 is 0. The fraction of sp³-hybridized carbons (Fsp3) is 0.538. The summed E-state index contributed by atoms with van der Waals surface area (Å²) in [4.78, 5) is 0. The van der Waals surface area contributed by atoms with Crippen LogP contribution in [0, 0.1) is 5.92 Å². The lowest BCUT2D eigenvalue weighted by molar-refractivity contribution is 0.532. The molecule has 0 aromatic heterocycles. The van der Waals surface area contributed by atoms with Gasteiger partial charge in [0, 0.05) is 18.2 Å². The molecule has 3 nitrogen and oxygen atoms in total. The Morgan fingerprint density at radius 3 is 2.53 bits per heavy atom. The van der Waals surface area contributed by atoms with Crippen LogP contribution in [0.3, 0.4) is 0 Å². The predicted octanol–water partition coefficient (Wildman–Crippen LogP) is 2.27. The van der Waals surface area contributed by atoms with Crippen LogP contribution in [-0.2, 0) is 9.84 Å². The van der Waals surface area contributed by atoms with Crippen molar-refractivity contribution in [3.63, 3.8) is 0 Å². The number of para-hydroxylation sites is 1. The van der Waals surface area contributed by atoms with Crippen LogP contribution in [0.15, 0.2) is 24.3 Å². The fourth-order valence-electron chi connectivity index (χ4n) is 2.20. The maximum Gasteiger partial charge on any atom is 0.151 e. The third-order valence-corrected chi connectivity index (χ3v) is 5.10. The van der Waals surface area contributed by atoms with Crippen LogP contribution >= 0.6 is 0 Å². The van der Waals surface area contributed by atoms with Gasteiger partial charge in [-0.2, -0.15) is 0 Å². The van der Waals surface area contributed by atoms with Crippen molar-refractivity contribution in [2.75, 3.05) is 23.4 Å². The monoisotopic (exact) mass is 253 g/mol. The summed E-state index contributed by atoms with van der Waals surface area (Å²) in [5.41, 5.74) is 2.42. The van der Waals surface area contributed by atoms with Crippen LogP contribution < -0.4 is 5.32 Å². The van der Waals surface area contributed by atoms with Crippen LogP contribution in [0.4, 0.5) is 5.69 Å². The van der Waals surface area contributed by atoms with E-state index in [4.69, 9.17) is 0 Å². The van der Waals surface area contributed by atoms with Crippen molar-refractivity contribution in [2.24, 2.45) is 5.92 Å². The van der Waals surface area contributed by atoms with E-state index in [-0.39, 0.29) is 5.92 Å². The molecule has 2 rings (SSSR count). The third-order valence-electron chi connectivity index (χ3n) is 3.14. The predicted molar refractivity (Wildman–Crippen MR) is 71.2 cm³/mol. The van der Waals surface area contributed by atoms with Crippen molar-refractivity contribution in [2.45, 2.75) is 19.8 Å². The Kier molecular flexibility index (Phi) is 3.43. The Balaban J connectivity index is 1.95. The lowest BCUT2D eigenvalue weighted by Crippen LogP contribution is -2.40. The van der Waals surface area contributed by atoms with E-state index in [9.17, 15) is 8.42 Å². The van der Waals surface area contributed by atoms with Crippen molar-refractivity contribution >= 4 is 15.5 Å². The molecule has 1 saturated heterocycles. The van der Waals surface area contributed by atoms with E-state index in [1.165, 1.54) is 5.56 Å². The van der Waals surface area contributed by atoms with Crippen LogP contribution in [0.2, 0.25) is 0 Å². The minimum absolute atomic E-state index is 0.278. The molecule has 1 aliphatic heterocycles. The maximum absolute atomic E-state index is 11.1. The first kappa shape index (κ1) is 12.4. The summed E-state index contributed by atoms with van der Waals surface area (Å²) in [5, 5.41) is 3.37. The molecule has 4 heteroatoms. The number of sulfone groups is 1. The van der Waals surface area contributed by atoms with E-state index in [2.05, 4.69) is 31.3 Å². The average molecular weight is 253 g/mol. The zero-order chi connectivity index (χ0) is 12.5. The third kappa shape index (κ3) is 3.00. The molecule has 0 saturated carbocycles. The van der Waals surface area contributed by atoms with Gasteiger partial charge >= 0.3 is 0 Å². The molecule has 1 heterocycles. The second-order valence-corrected chi connectivity index (χ2v) is 7.22.